The zero-order valence-electron chi connectivity index (χ0n) is 10.8. The van der Waals surface area contributed by atoms with Gasteiger partial charge in [-0.1, -0.05) is 12.1 Å². The van der Waals surface area contributed by atoms with Crippen molar-refractivity contribution in [3.63, 3.8) is 0 Å². The lowest BCUT2D eigenvalue weighted by Gasteiger charge is -2.09. The summed E-state index contributed by atoms with van der Waals surface area (Å²) in [6, 6.07) is 6.58. The Labute approximate surface area is 106 Å². The zero-order valence-corrected chi connectivity index (χ0v) is 10.8. The van der Waals surface area contributed by atoms with Crippen LogP contribution in [0.1, 0.15) is 30.7 Å². The first-order chi connectivity index (χ1) is 8.56. The maximum Gasteiger partial charge on any atom is 0.236 e. The van der Waals surface area contributed by atoms with Gasteiger partial charge in [0.2, 0.25) is 5.88 Å². The minimum atomic E-state index is -0.222. The molecule has 1 aromatic heterocycles. The predicted octanol–water partition coefficient (Wildman–Crippen LogP) is 3.24. The topological polar surface area (TPSA) is 37.9 Å². The molecule has 4 heteroatoms. The number of aromatic amines is 1. The normalized spacial score (nSPS) is 10.9. The van der Waals surface area contributed by atoms with Crippen molar-refractivity contribution in [1.29, 1.82) is 0 Å². The first-order valence-corrected chi connectivity index (χ1v) is 6.01. The van der Waals surface area contributed by atoms with Gasteiger partial charge in [-0.2, -0.15) is 0 Å². The summed E-state index contributed by atoms with van der Waals surface area (Å²) in [7, 11) is 0. The molecule has 0 saturated heterocycles. The number of ether oxygens (including phenoxy) is 1. The molecule has 1 aromatic carbocycles. The van der Waals surface area contributed by atoms with E-state index in [1.165, 1.54) is 12.1 Å². The standard InChI is InChI=1S/C14H17FN2O/c1-9(2)18-14-13(10(3)16-17-14)8-11-5-4-6-12(15)7-11/h4-7,9H,8H2,1-3H3,(H,16,17). The Balaban J connectivity index is 2.25. The monoisotopic (exact) mass is 248 g/mol. The Hall–Kier alpha value is -1.84. The molecular formula is C14H17FN2O. The van der Waals surface area contributed by atoms with Gasteiger partial charge in [0.05, 0.1) is 6.10 Å². The van der Waals surface area contributed by atoms with Crippen LogP contribution in [-0.2, 0) is 6.42 Å². The highest BCUT2D eigenvalue weighted by atomic mass is 19.1. The molecule has 0 aliphatic rings. The highest BCUT2D eigenvalue weighted by Gasteiger charge is 2.13. The van der Waals surface area contributed by atoms with Crippen molar-refractivity contribution in [3.05, 3.63) is 46.9 Å². The summed E-state index contributed by atoms with van der Waals surface area (Å²) in [5, 5.41) is 7.04. The number of nitrogens with one attached hydrogen (secondary N) is 1. The lowest BCUT2D eigenvalue weighted by molar-refractivity contribution is 0.230. The molecule has 1 heterocycles. The number of benzene rings is 1. The van der Waals surface area contributed by atoms with Crippen molar-refractivity contribution in [2.75, 3.05) is 0 Å². The molecule has 0 amide bonds. The average molecular weight is 248 g/mol. The molecular weight excluding hydrogens is 231 g/mol. The fourth-order valence-electron chi connectivity index (χ4n) is 1.81. The van der Waals surface area contributed by atoms with Crippen LogP contribution in [0.5, 0.6) is 5.88 Å². The van der Waals surface area contributed by atoms with Crippen LogP contribution in [0.4, 0.5) is 4.39 Å². The van der Waals surface area contributed by atoms with Gasteiger partial charge in [0.25, 0.3) is 0 Å². The molecule has 0 radical (unpaired) electrons. The smallest absolute Gasteiger partial charge is 0.236 e. The molecule has 0 saturated carbocycles. The van der Waals surface area contributed by atoms with Crippen molar-refractivity contribution in [3.8, 4) is 5.88 Å². The van der Waals surface area contributed by atoms with E-state index in [1.807, 2.05) is 26.8 Å². The molecule has 0 aliphatic carbocycles. The lowest BCUT2D eigenvalue weighted by atomic mass is 10.1. The molecule has 2 aromatic rings. The summed E-state index contributed by atoms with van der Waals surface area (Å²) in [5.74, 6) is 0.381. The average Bonchev–Trinajstić information content (AvgIpc) is 2.61. The van der Waals surface area contributed by atoms with Gasteiger partial charge < -0.3 is 4.74 Å². The van der Waals surface area contributed by atoms with E-state index >= 15 is 0 Å². The van der Waals surface area contributed by atoms with E-state index in [1.54, 1.807) is 6.07 Å². The molecule has 3 nitrogen and oxygen atoms in total. The molecule has 18 heavy (non-hydrogen) atoms. The number of hydrogen-bond donors (Lipinski definition) is 1. The number of rotatable bonds is 4. The Morgan fingerprint density at radius 3 is 2.83 bits per heavy atom. The molecule has 0 aliphatic heterocycles. The fraction of sp³-hybridized carbons (Fsp3) is 0.357. The number of H-pyrrole nitrogens is 1. The third-order valence-corrected chi connectivity index (χ3v) is 2.65. The second-order valence-electron chi connectivity index (χ2n) is 4.61. The molecule has 0 fully saturated rings. The van der Waals surface area contributed by atoms with Gasteiger partial charge >= 0.3 is 0 Å². The predicted molar refractivity (Wildman–Crippen MR) is 68.3 cm³/mol. The van der Waals surface area contributed by atoms with Gasteiger partial charge in [0.15, 0.2) is 0 Å². The third-order valence-electron chi connectivity index (χ3n) is 2.65. The number of nitrogens with zero attached hydrogens (tertiary/aromatic N) is 1. The largest absolute Gasteiger partial charge is 0.474 e. The van der Waals surface area contributed by atoms with Gasteiger partial charge in [-0.05, 0) is 38.5 Å². The zero-order chi connectivity index (χ0) is 13.1. The van der Waals surface area contributed by atoms with Crippen molar-refractivity contribution in [2.24, 2.45) is 0 Å². The van der Waals surface area contributed by atoms with Crippen molar-refractivity contribution < 1.29 is 9.13 Å². The maximum absolute atomic E-state index is 13.2. The maximum atomic E-state index is 13.2. The fourth-order valence-corrected chi connectivity index (χ4v) is 1.81. The molecule has 0 spiro atoms. The Kier molecular flexibility index (Phi) is 3.65. The second kappa shape index (κ2) is 5.21. The summed E-state index contributed by atoms with van der Waals surface area (Å²) >= 11 is 0. The Morgan fingerprint density at radius 1 is 1.39 bits per heavy atom. The molecule has 96 valence electrons. The highest BCUT2D eigenvalue weighted by Crippen LogP contribution is 2.23. The lowest BCUT2D eigenvalue weighted by Crippen LogP contribution is -2.07. The minimum Gasteiger partial charge on any atom is -0.474 e. The Morgan fingerprint density at radius 2 is 2.17 bits per heavy atom. The SMILES string of the molecule is Cc1[nH]nc(OC(C)C)c1Cc1cccc(F)c1. The summed E-state index contributed by atoms with van der Waals surface area (Å²) in [5.41, 5.74) is 2.84. The number of halogens is 1. The van der Waals surface area contributed by atoms with Crippen LogP contribution in [0, 0.1) is 12.7 Å². The van der Waals surface area contributed by atoms with E-state index in [0.29, 0.717) is 12.3 Å². The van der Waals surface area contributed by atoms with Gasteiger partial charge in [-0.25, -0.2) is 4.39 Å². The van der Waals surface area contributed by atoms with Gasteiger partial charge in [-0.15, -0.1) is 5.10 Å². The summed E-state index contributed by atoms with van der Waals surface area (Å²) in [4.78, 5) is 0. The van der Waals surface area contributed by atoms with E-state index in [2.05, 4.69) is 10.2 Å². The van der Waals surface area contributed by atoms with Crippen LogP contribution >= 0.6 is 0 Å². The van der Waals surface area contributed by atoms with Crippen LogP contribution < -0.4 is 4.74 Å². The highest BCUT2D eigenvalue weighted by molar-refractivity contribution is 5.35. The van der Waals surface area contributed by atoms with E-state index < -0.39 is 0 Å². The van der Waals surface area contributed by atoms with Crippen LogP contribution in [0.2, 0.25) is 0 Å². The first kappa shape index (κ1) is 12.6. The number of hydrogen-bond acceptors (Lipinski definition) is 2. The molecule has 0 unspecified atom stereocenters. The molecule has 0 atom stereocenters. The van der Waals surface area contributed by atoms with E-state index in [0.717, 1.165) is 16.8 Å². The minimum absolute atomic E-state index is 0.0685. The summed E-state index contributed by atoms with van der Waals surface area (Å²) in [6.07, 6.45) is 0.682. The van der Waals surface area contributed by atoms with Gasteiger partial charge in [0.1, 0.15) is 5.82 Å². The molecule has 1 N–H and O–H groups in total. The van der Waals surface area contributed by atoms with E-state index in [9.17, 15) is 4.39 Å². The van der Waals surface area contributed by atoms with E-state index in [-0.39, 0.29) is 11.9 Å². The second-order valence-corrected chi connectivity index (χ2v) is 4.61. The van der Waals surface area contributed by atoms with Crippen molar-refractivity contribution in [1.82, 2.24) is 10.2 Å². The summed E-state index contributed by atoms with van der Waals surface area (Å²) < 4.78 is 18.8. The third kappa shape index (κ3) is 2.88. The molecule has 2 rings (SSSR count). The number of aromatic nitrogens is 2. The Bertz CT molecular complexity index is 534. The van der Waals surface area contributed by atoms with Crippen LogP contribution in [0.3, 0.4) is 0 Å². The van der Waals surface area contributed by atoms with Crippen LogP contribution in [-0.4, -0.2) is 16.3 Å². The van der Waals surface area contributed by atoms with Crippen molar-refractivity contribution >= 4 is 0 Å². The first-order valence-electron chi connectivity index (χ1n) is 6.01. The van der Waals surface area contributed by atoms with Crippen molar-refractivity contribution in [2.45, 2.75) is 33.3 Å². The summed E-state index contributed by atoms with van der Waals surface area (Å²) in [6.45, 7) is 5.85. The van der Waals surface area contributed by atoms with Crippen LogP contribution in [0.15, 0.2) is 24.3 Å². The van der Waals surface area contributed by atoms with Crippen LogP contribution in [0.25, 0.3) is 0 Å². The van der Waals surface area contributed by atoms with Gasteiger partial charge in [0, 0.05) is 17.7 Å². The molecule has 0 bridgehead atoms. The van der Waals surface area contributed by atoms with Gasteiger partial charge in [-0.3, -0.25) is 5.10 Å². The number of aryl methyl sites for hydroxylation is 1. The van der Waals surface area contributed by atoms with E-state index in [4.69, 9.17) is 4.74 Å². The quantitative estimate of drug-likeness (QED) is 0.902.